The first kappa shape index (κ1) is 24.4. The van der Waals surface area contributed by atoms with Gasteiger partial charge in [0, 0.05) is 6.54 Å². The molecule has 0 radical (unpaired) electrons. The van der Waals surface area contributed by atoms with Gasteiger partial charge in [0.1, 0.15) is 11.5 Å². The molecule has 1 aromatic rings. The minimum absolute atomic E-state index is 0.0418. The van der Waals surface area contributed by atoms with Crippen LogP contribution in [-0.4, -0.2) is 47.9 Å². The standard InChI is InChI=1S/C8H14N2O2.C7H8O.2C2H6/c1-6(11)5-10-4-3-7(9-2)8(10)12;1-6-2-4-7(8)5-3-6;2*1-2/h7,9H,3-5H2,1-2H3;2-5,8H,1H3;2*1-2H3. The Balaban J connectivity index is 0. The first-order valence-electron chi connectivity index (χ1n) is 8.65. The number of aryl methyl sites for hydroxylation is 1. The molecule has 1 aromatic carbocycles. The van der Waals surface area contributed by atoms with Crippen LogP contribution in [0.5, 0.6) is 5.75 Å². The second-order valence-corrected chi connectivity index (χ2v) is 4.93. The van der Waals surface area contributed by atoms with Gasteiger partial charge in [-0.2, -0.15) is 0 Å². The molecule has 2 N–H and O–H groups in total. The van der Waals surface area contributed by atoms with E-state index in [0.717, 1.165) is 6.42 Å². The molecule has 1 aliphatic heterocycles. The Labute approximate surface area is 147 Å². The van der Waals surface area contributed by atoms with Crippen molar-refractivity contribution in [3.63, 3.8) is 0 Å². The number of nitrogens with zero attached hydrogens (tertiary/aromatic N) is 1. The predicted molar refractivity (Wildman–Crippen MR) is 100 cm³/mol. The highest BCUT2D eigenvalue weighted by Gasteiger charge is 2.30. The van der Waals surface area contributed by atoms with Gasteiger partial charge in [0.15, 0.2) is 0 Å². The monoisotopic (exact) mass is 338 g/mol. The first-order chi connectivity index (χ1) is 11.4. The zero-order chi connectivity index (χ0) is 19.1. The number of phenolic OH excluding ortho intramolecular Hbond substituents is 1. The topological polar surface area (TPSA) is 69.6 Å². The van der Waals surface area contributed by atoms with E-state index in [4.69, 9.17) is 5.11 Å². The number of hydrogen-bond acceptors (Lipinski definition) is 4. The number of likely N-dealkylation sites (tertiary alicyclic amines) is 1. The summed E-state index contributed by atoms with van der Waals surface area (Å²) in [5.41, 5.74) is 1.17. The van der Waals surface area contributed by atoms with Crippen molar-refractivity contribution in [3.8, 4) is 5.75 Å². The normalized spacial score (nSPS) is 15.2. The number of amides is 1. The zero-order valence-corrected chi connectivity index (χ0v) is 16.2. The number of carbonyl (C=O) groups excluding carboxylic acids is 2. The van der Waals surface area contributed by atoms with Crippen molar-refractivity contribution in [1.29, 1.82) is 0 Å². The lowest BCUT2D eigenvalue weighted by Gasteiger charge is -2.13. The van der Waals surface area contributed by atoms with Crippen LogP contribution in [-0.2, 0) is 9.59 Å². The van der Waals surface area contributed by atoms with E-state index < -0.39 is 0 Å². The molecule has 0 spiro atoms. The molecule has 5 nitrogen and oxygen atoms in total. The van der Waals surface area contributed by atoms with E-state index in [1.165, 1.54) is 12.5 Å². The number of phenols is 1. The van der Waals surface area contributed by atoms with E-state index in [1.807, 2.05) is 46.8 Å². The van der Waals surface area contributed by atoms with Gasteiger partial charge in [0.2, 0.25) is 5.91 Å². The van der Waals surface area contributed by atoms with Crippen LogP contribution in [0.4, 0.5) is 0 Å². The van der Waals surface area contributed by atoms with E-state index in [-0.39, 0.29) is 24.3 Å². The minimum atomic E-state index is -0.0793. The van der Waals surface area contributed by atoms with E-state index in [9.17, 15) is 9.59 Å². The van der Waals surface area contributed by atoms with Crippen LogP contribution in [0.2, 0.25) is 0 Å². The van der Waals surface area contributed by atoms with Crippen LogP contribution in [0, 0.1) is 6.92 Å². The highest BCUT2D eigenvalue weighted by molar-refractivity contribution is 5.88. The predicted octanol–water partition coefficient (Wildman–Crippen LogP) is 3.15. The summed E-state index contributed by atoms with van der Waals surface area (Å²) in [6.45, 7) is 12.4. The molecule has 24 heavy (non-hydrogen) atoms. The summed E-state index contributed by atoms with van der Waals surface area (Å²) in [6.07, 6.45) is 0.808. The van der Waals surface area contributed by atoms with Crippen molar-refractivity contribution >= 4 is 11.7 Å². The fourth-order valence-electron chi connectivity index (χ4n) is 1.98. The van der Waals surface area contributed by atoms with Gasteiger partial charge in [-0.1, -0.05) is 45.4 Å². The van der Waals surface area contributed by atoms with Crippen LogP contribution in [0.15, 0.2) is 24.3 Å². The number of ketones is 1. The molecule has 1 atom stereocenters. The van der Waals surface area contributed by atoms with Gasteiger partial charge in [0.25, 0.3) is 0 Å². The van der Waals surface area contributed by atoms with E-state index >= 15 is 0 Å². The van der Waals surface area contributed by atoms with Gasteiger partial charge in [-0.05, 0) is 39.4 Å². The van der Waals surface area contributed by atoms with Gasteiger partial charge in [-0.15, -0.1) is 0 Å². The molecule has 1 heterocycles. The molecular weight excluding hydrogens is 304 g/mol. The van der Waals surface area contributed by atoms with Crippen LogP contribution in [0.25, 0.3) is 0 Å². The van der Waals surface area contributed by atoms with Crippen molar-refractivity contribution < 1.29 is 14.7 Å². The van der Waals surface area contributed by atoms with Crippen LogP contribution in [0.1, 0.15) is 46.6 Å². The maximum atomic E-state index is 11.4. The summed E-state index contributed by atoms with van der Waals surface area (Å²) in [6, 6.07) is 7.01. The zero-order valence-electron chi connectivity index (χ0n) is 16.2. The number of aromatic hydroxyl groups is 1. The lowest BCUT2D eigenvalue weighted by atomic mass is 10.2. The molecule has 0 aromatic heterocycles. The molecule has 1 saturated heterocycles. The third-order valence-corrected chi connectivity index (χ3v) is 3.09. The van der Waals surface area contributed by atoms with E-state index in [2.05, 4.69) is 5.32 Å². The number of rotatable bonds is 3. The van der Waals surface area contributed by atoms with Crippen molar-refractivity contribution in [3.05, 3.63) is 29.8 Å². The summed E-state index contributed by atoms with van der Waals surface area (Å²) < 4.78 is 0. The highest BCUT2D eigenvalue weighted by Crippen LogP contribution is 2.09. The van der Waals surface area contributed by atoms with Gasteiger partial charge >= 0.3 is 0 Å². The molecule has 138 valence electrons. The smallest absolute Gasteiger partial charge is 0.240 e. The van der Waals surface area contributed by atoms with E-state index in [0.29, 0.717) is 12.3 Å². The van der Waals surface area contributed by atoms with Crippen molar-refractivity contribution in [2.24, 2.45) is 0 Å². The second-order valence-electron chi connectivity index (χ2n) is 4.93. The van der Waals surface area contributed by atoms with Crippen molar-refractivity contribution in [1.82, 2.24) is 10.2 Å². The average Bonchev–Trinajstić information content (AvgIpc) is 2.94. The minimum Gasteiger partial charge on any atom is -0.508 e. The Morgan fingerprint density at radius 3 is 2.04 bits per heavy atom. The largest absolute Gasteiger partial charge is 0.508 e. The van der Waals surface area contributed by atoms with Crippen LogP contribution >= 0.6 is 0 Å². The molecule has 2 rings (SSSR count). The molecule has 5 heteroatoms. The lowest BCUT2D eigenvalue weighted by molar-refractivity contribution is -0.132. The van der Waals surface area contributed by atoms with Crippen LogP contribution < -0.4 is 5.32 Å². The number of hydrogen-bond donors (Lipinski definition) is 2. The van der Waals surface area contributed by atoms with Crippen molar-refractivity contribution in [2.45, 2.75) is 54.0 Å². The maximum Gasteiger partial charge on any atom is 0.240 e. The summed E-state index contributed by atoms with van der Waals surface area (Å²) in [4.78, 5) is 23.7. The second kappa shape index (κ2) is 14.7. The Morgan fingerprint density at radius 2 is 1.71 bits per heavy atom. The number of likely N-dealkylation sites (N-methyl/N-ethyl adjacent to an activating group) is 1. The van der Waals surface area contributed by atoms with Crippen LogP contribution in [0.3, 0.4) is 0 Å². The number of benzene rings is 1. The number of nitrogens with one attached hydrogen (secondary N) is 1. The fourth-order valence-corrected chi connectivity index (χ4v) is 1.98. The van der Waals surface area contributed by atoms with Gasteiger partial charge in [-0.25, -0.2) is 0 Å². The number of Topliss-reactive ketones (excluding diaryl/α,β-unsaturated/α-hetero) is 1. The molecule has 0 saturated carbocycles. The summed E-state index contributed by atoms with van der Waals surface area (Å²) in [5, 5.41) is 11.7. The van der Waals surface area contributed by atoms with Gasteiger partial charge < -0.3 is 15.3 Å². The fraction of sp³-hybridized carbons (Fsp3) is 0.579. The quantitative estimate of drug-likeness (QED) is 0.888. The molecule has 1 unspecified atom stereocenters. The molecule has 0 aliphatic carbocycles. The summed E-state index contributed by atoms with van der Waals surface area (Å²) in [7, 11) is 1.76. The summed E-state index contributed by atoms with van der Waals surface area (Å²) >= 11 is 0. The van der Waals surface area contributed by atoms with Gasteiger partial charge in [-0.3, -0.25) is 9.59 Å². The Hall–Kier alpha value is -1.88. The Kier molecular flexibility index (Phi) is 14.9. The molecule has 1 aliphatic rings. The molecule has 0 bridgehead atoms. The SMILES string of the molecule is CC.CC.CNC1CCN(CC(C)=O)C1=O.Cc1ccc(O)cc1. The van der Waals surface area contributed by atoms with Gasteiger partial charge in [0.05, 0.1) is 12.6 Å². The molecule has 1 fully saturated rings. The third-order valence-electron chi connectivity index (χ3n) is 3.09. The third kappa shape index (κ3) is 10.0. The maximum absolute atomic E-state index is 11.4. The lowest BCUT2D eigenvalue weighted by Crippen LogP contribution is -2.38. The highest BCUT2D eigenvalue weighted by atomic mass is 16.3. The first-order valence-corrected chi connectivity index (χ1v) is 8.65. The average molecular weight is 338 g/mol. The Morgan fingerprint density at radius 1 is 1.21 bits per heavy atom. The van der Waals surface area contributed by atoms with Crippen molar-refractivity contribution in [2.75, 3.05) is 20.1 Å². The number of carbonyl (C=O) groups is 2. The Bertz CT molecular complexity index is 437. The van der Waals surface area contributed by atoms with E-state index in [1.54, 1.807) is 24.1 Å². The molecule has 1 amide bonds. The molecular formula is C19H34N2O3. The summed E-state index contributed by atoms with van der Waals surface area (Å²) in [5.74, 6) is 0.420.